The number of hydrogen-bond acceptors (Lipinski definition) is 5. The van der Waals surface area contributed by atoms with Crippen LogP contribution in [0.2, 0.25) is 5.02 Å². The van der Waals surface area contributed by atoms with Gasteiger partial charge < -0.3 is 10.5 Å². The fourth-order valence-electron chi connectivity index (χ4n) is 1.43. The molecule has 2 rings (SSSR count). The highest BCUT2D eigenvalue weighted by Crippen LogP contribution is 2.18. The molecule has 0 fully saturated rings. The van der Waals surface area contributed by atoms with Gasteiger partial charge in [0, 0.05) is 16.1 Å². The number of nitrogen functional groups attached to an aromatic ring is 1. The lowest BCUT2D eigenvalue weighted by atomic mass is 10.2. The SMILES string of the molecule is Cc1nc(COC(=O)c2cc(N)cc(Cl)c2)cs1. The molecule has 1 aromatic carbocycles. The van der Waals surface area contributed by atoms with Crippen molar-refractivity contribution in [2.24, 2.45) is 0 Å². The Bertz CT molecular complexity index is 563. The van der Waals surface area contributed by atoms with Crippen LogP contribution < -0.4 is 5.73 Å². The molecular formula is C12H11ClN2O2S. The number of aromatic nitrogens is 1. The average Bonchev–Trinajstić information content (AvgIpc) is 2.70. The van der Waals surface area contributed by atoms with E-state index in [2.05, 4.69) is 4.98 Å². The quantitative estimate of drug-likeness (QED) is 0.694. The van der Waals surface area contributed by atoms with E-state index in [1.165, 1.54) is 23.5 Å². The molecule has 0 radical (unpaired) electrons. The Balaban J connectivity index is 2.03. The Morgan fingerprint density at radius 1 is 1.50 bits per heavy atom. The second-order valence-electron chi connectivity index (χ2n) is 3.71. The third-order valence-corrected chi connectivity index (χ3v) is 3.21. The van der Waals surface area contributed by atoms with Crippen molar-refractivity contribution in [3.05, 3.63) is 44.9 Å². The highest BCUT2D eigenvalue weighted by atomic mass is 35.5. The maximum atomic E-state index is 11.8. The molecule has 6 heteroatoms. The number of benzene rings is 1. The first-order valence-corrected chi connectivity index (χ1v) is 6.44. The monoisotopic (exact) mass is 282 g/mol. The van der Waals surface area contributed by atoms with Gasteiger partial charge in [0.15, 0.2) is 0 Å². The number of aryl methyl sites for hydroxylation is 1. The summed E-state index contributed by atoms with van der Waals surface area (Å²) in [4.78, 5) is 16.0. The largest absolute Gasteiger partial charge is 0.456 e. The van der Waals surface area contributed by atoms with Gasteiger partial charge in [-0.15, -0.1) is 11.3 Å². The minimum atomic E-state index is -0.463. The van der Waals surface area contributed by atoms with Gasteiger partial charge in [-0.05, 0) is 25.1 Å². The molecule has 2 aromatic rings. The van der Waals surface area contributed by atoms with Gasteiger partial charge in [-0.25, -0.2) is 9.78 Å². The first kappa shape index (κ1) is 12.9. The summed E-state index contributed by atoms with van der Waals surface area (Å²) in [5.74, 6) is -0.463. The molecule has 4 nitrogen and oxygen atoms in total. The molecule has 0 unspecified atom stereocenters. The van der Waals surface area contributed by atoms with E-state index in [0.29, 0.717) is 16.3 Å². The normalized spacial score (nSPS) is 10.3. The first-order chi connectivity index (χ1) is 8.54. The van der Waals surface area contributed by atoms with Crippen LogP contribution >= 0.6 is 22.9 Å². The van der Waals surface area contributed by atoms with Gasteiger partial charge in [0.05, 0.1) is 16.3 Å². The summed E-state index contributed by atoms with van der Waals surface area (Å²) in [7, 11) is 0. The molecule has 18 heavy (non-hydrogen) atoms. The second kappa shape index (κ2) is 5.37. The van der Waals surface area contributed by atoms with Crippen LogP contribution in [0.3, 0.4) is 0 Å². The third kappa shape index (κ3) is 3.21. The van der Waals surface area contributed by atoms with Crippen molar-refractivity contribution in [2.75, 3.05) is 5.73 Å². The van der Waals surface area contributed by atoms with E-state index in [-0.39, 0.29) is 6.61 Å². The van der Waals surface area contributed by atoms with Crippen LogP contribution in [0.5, 0.6) is 0 Å². The Morgan fingerprint density at radius 2 is 2.28 bits per heavy atom. The zero-order valence-electron chi connectivity index (χ0n) is 9.64. The van der Waals surface area contributed by atoms with Crippen LogP contribution in [-0.4, -0.2) is 11.0 Å². The summed E-state index contributed by atoms with van der Waals surface area (Å²) in [5.41, 5.74) is 7.11. The molecule has 1 heterocycles. The van der Waals surface area contributed by atoms with Crippen LogP contribution in [0.1, 0.15) is 21.1 Å². The number of thiazole rings is 1. The summed E-state index contributed by atoms with van der Waals surface area (Å²) >= 11 is 7.33. The van der Waals surface area contributed by atoms with E-state index in [1.54, 1.807) is 6.07 Å². The molecule has 94 valence electrons. The Kier molecular flexibility index (Phi) is 3.84. The molecule has 0 aliphatic heterocycles. The van der Waals surface area contributed by atoms with Gasteiger partial charge >= 0.3 is 5.97 Å². The van der Waals surface area contributed by atoms with E-state index < -0.39 is 5.97 Å². The molecule has 0 atom stereocenters. The Hall–Kier alpha value is -1.59. The fourth-order valence-corrected chi connectivity index (χ4v) is 2.27. The Labute approximate surface area is 113 Å². The third-order valence-electron chi connectivity index (χ3n) is 2.17. The lowest BCUT2D eigenvalue weighted by Crippen LogP contribution is -2.06. The molecule has 0 aliphatic rings. The van der Waals surface area contributed by atoms with Crippen molar-refractivity contribution < 1.29 is 9.53 Å². The number of rotatable bonds is 3. The standard InChI is InChI=1S/C12H11ClN2O2S/c1-7-15-11(6-18-7)5-17-12(16)8-2-9(13)4-10(14)3-8/h2-4,6H,5,14H2,1H3. The van der Waals surface area contributed by atoms with E-state index >= 15 is 0 Å². The van der Waals surface area contributed by atoms with E-state index in [1.807, 2.05) is 12.3 Å². The summed E-state index contributed by atoms with van der Waals surface area (Å²) in [5, 5.41) is 3.20. The van der Waals surface area contributed by atoms with Crippen LogP contribution in [-0.2, 0) is 11.3 Å². The molecular weight excluding hydrogens is 272 g/mol. The zero-order valence-corrected chi connectivity index (χ0v) is 11.2. The second-order valence-corrected chi connectivity index (χ2v) is 5.21. The molecule has 0 saturated carbocycles. The zero-order chi connectivity index (χ0) is 13.1. The minimum absolute atomic E-state index is 0.148. The summed E-state index contributed by atoms with van der Waals surface area (Å²) < 4.78 is 5.13. The van der Waals surface area contributed by atoms with Gasteiger partial charge in [-0.3, -0.25) is 0 Å². The van der Waals surface area contributed by atoms with Gasteiger partial charge in [0.25, 0.3) is 0 Å². The topological polar surface area (TPSA) is 65.2 Å². The minimum Gasteiger partial charge on any atom is -0.456 e. The number of ether oxygens (including phenoxy) is 1. The van der Waals surface area contributed by atoms with Crippen molar-refractivity contribution >= 4 is 34.6 Å². The molecule has 0 bridgehead atoms. The van der Waals surface area contributed by atoms with Crippen molar-refractivity contribution in [1.29, 1.82) is 0 Å². The van der Waals surface area contributed by atoms with Crippen molar-refractivity contribution in [3.63, 3.8) is 0 Å². The Morgan fingerprint density at radius 3 is 2.89 bits per heavy atom. The maximum Gasteiger partial charge on any atom is 0.338 e. The van der Waals surface area contributed by atoms with Crippen LogP contribution in [0.15, 0.2) is 23.6 Å². The maximum absolute atomic E-state index is 11.8. The smallest absolute Gasteiger partial charge is 0.338 e. The number of carbonyl (C=O) groups excluding carboxylic acids is 1. The van der Waals surface area contributed by atoms with E-state index in [4.69, 9.17) is 22.1 Å². The lowest BCUT2D eigenvalue weighted by molar-refractivity contribution is 0.0468. The first-order valence-electron chi connectivity index (χ1n) is 5.19. The van der Waals surface area contributed by atoms with Gasteiger partial charge in [-0.2, -0.15) is 0 Å². The van der Waals surface area contributed by atoms with Crippen molar-refractivity contribution in [2.45, 2.75) is 13.5 Å². The number of nitrogens with two attached hydrogens (primary N) is 1. The van der Waals surface area contributed by atoms with Crippen molar-refractivity contribution in [3.8, 4) is 0 Å². The van der Waals surface area contributed by atoms with Crippen LogP contribution in [0.25, 0.3) is 0 Å². The van der Waals surface area contributed by atoms with Gasteiger partial charge in [-0.1, -0.05) is 11.6 Å². The van der Waals surface area contributed by atoms with E-state index in [0.717, 1.165) is 10.7 Å². The molecule has 0 saturated heterocycles. The van der Waals surface area contributed by atoms with Crippen molar-refractivity contribution in [1.82, 2.24) is 4.98 Å². The number of esters is 1. The van der Waals surface area contributed by atoms with Gasteiger partial charge in [0.2, 0.25) is 0 Å². The number of carbonyl (C=O) groups is 1. The molecule has 2 N–H and O–H groups in total. The molecule has 0 amide bonds. The summed E-state index contributed by atoms with van der Waals surface area (Å²) in [6.45, 7) is 2.04. The number of hydrogen-bond donors (Lipinski definition) is 1. The number of nitrogens with zero attached hydrogens (tertiary/aromatic N) is 1. The van der Waals surface area contributed by atoms with Crippen LogP contribution in [0.4, 0.5) is 5.69 Å². The average molecular weight is 283 g/mol. The number of anilines is 1. The summed E-state index contributed by atoms with van der Waals surface area (Å²) in [6, 6.07) is 4.62. The predicted octanol–water partition coefficient (Wildman–Crippen LogP) is 3.04. The van der Waals surface area contributed by atoms with Crippen LogP contribution in [0, 0.1) is 6.92 Å². The highest BCUT2D eigenvalue weighted by molar-refractivity contribution is 7.09. The molecule has 0 spiro atoms. The summed E-state index contributed by atoms with van der Waals surface area (Å²) in [6.07, 6.45) is 0. The molecule has 1 aromatic heterocycles. The lowest BCUT2D eigenvalue weighted by Gasteiger charge is -2.04. The van der Waals surface area contributed by atoms with Gasteiger partial charge in [0.1, 0.15) is 6.61 Å². The highest BCUT2D eigenvalue weighted by Gasteiger charge is 2.10. The fraction of sp³-hybridized carbons (Fsp3) is 0.167. The molecule has 0 aliphatic carbocycles. The predicted molar refractivity (Wildman–Crippen MR) is 71.8 cm³/mol. The number of halogens is 1. The van der Waals surface area contributed by atoms with E-state index in [9.17, 15) is 4.79 Å².